The molecule has 1 aliphatic heterocycles. The van der Waals surface area contributed by atoms with Crippen molar-refractivity contribution in [2.45, 2.75) is 25.9 Å². The van der Waals surface area contributed by atoms with Crippen LogP contribution in [0.15, 0.2) is 43.0 Å². The van der Waals surface area contributed by atoms with Crippen molar-refractivity contribution < 1.29 is 9.59 Å². The number of nitrogens with zero attached hydrogens (tertiary/aromatic N) is 3. The summed E-state index contributed by atoms with van der Waals surface area (Å²) in [6.45, 7) is 4.91. The van der Waals surface area contributed by atoms with Crippen LogP contribution in [0.4, 0.5) is 5.69 Å². The third-order valence-electron chi connectivity index (χ3n) is 4.31. The molecule has 2 amide bonds. The number of amides is 2. The van der Waals surface area contributed by atoms with Crippen LogP contribution in [0.1, 0.15) is 23.7 Å². The Kier molecular flexibility index (Phi) is 5.45. The van der Waals surface area contributed by atoms with E-state index < -0.39 is 0 Å². The van der Waals surface area contributed by atoms with Gasteiger partial charge in [0.15, 0.2) is 0 Å². The minimum absolute atomic E-state index is 0.00325. The number of piperazine rings is 1. The van der Waals surface area contributed by atoms with Gasteiger partial charge in [0, 0.05) is 62.3 Å². The summed E-state index contributed by atoms with van der Waals surface area (Å²) >= 11 is 0. The predicted octanol–water partition coefficient (Wildman–Crippen LogP) is 1.35. The first-order chi connectivity index (χ1) is 12.1. The Morgan fingerprint density at radius 3 is 3.04 bits per heavy atom. The molecule has 2 N–H and O–H groups in total. The van der Waals surface area contributed by atoms with E-state index in [2.05, 4.69) is 15.6 Å². The van der Waals surface area contributed by atoms with E-state index in [-0.39, 0.29) is 17.9 Å². The molecule has 1 aromatic carbocycles. The molecule has 7 heteroatoms. The van der Waals surface area contributed by atoms with Gasteiger partial charge in [0.1, 0.15) is 0 Å². The van der Waals surface area contributed by atoms with Gasteiger partial charge in [-0.2, -0.15) is 0 Å². The van der Waals surface area contributed by atoms with Crippen molar-refractivity contribution in [3.8, 4) is 0 Å². The lowest BCUT2D eigenvalue weighted by molar-refractivity contribution is -0.116. The van der Waals surface area contributed by atoms with Crippen LogP contribution in [0.5, 0.6) is 0 Å². The van der Waals surface area contributed by atoms with Gasteiger partial charge in [-0.05, 0) is 25.1 Å². The van der Waals surface area contributed by atoms with Crippen molar-refractivity contribution in [2.75, 3.05) is 25.0 Å². The van der Waals surface area contributed by atoms with Crippen LogP contribution in [0, 0.1) is 0 Å². The molecule has 0 unspecified atom stereocenters. The van der Waals surface area contributed by atoms with Crippen molar-refractivity contribution >= 4 is 17.5 Å². The standard InChI is InChI=1S/C18H23N5O2/c1-14-12-19-7-10-23(14)18(25)15-3-2-4-16(11-15)21-17(24)5-8-22-9-6-20-13-22/h2-4,6,9,11,13-14,19H,5,7-8,10,12H2,1H3,(H,21,24)/t14-/m0/s1. The summed E-state index contributed by atoms with van der Waals surface area (Å²) < 4.78 is 1.85. The first-order valence-corrected chi connectivity index (χ1v) is 8.51. The number of carbonyl (C=O) groups is 2. The van der Waals surface area contributed by atoms with Gasteiger partial charge in [-0.1, -0.05) is 6.07 Å². The molecule has 7 nitrogen and oxygen atoms in total. The summed E-state index contributed by atoms with van der Waals surface area (Å²) in [4.78, 5) is 30.6. The van der Waals surface area contributed by atoms with E-state index in [0.29, 0.717) is 30.8 Å². The van der Waals surface area contributed by atoms with Crippen molar-refractivity contribution in [1.29, 1.82) is 0 Å². The molecule has 2 aromatic rings. The molecular formula is C18H23N5O2. The van der Waals surface area contributed by atoms with Crippen LogP contribution < -0.4 is 10.6 Å². The van der Waals surface area contributed by atoms with E-state index in [9.17, 15) is 9.59 Å². The zero-order valence-electron chi connectivity index (χ0n) is 14.3. The fourth-order valence-electron chi connectivity index (χ4n) is 2.91. The molecule has 1 fully saturated rings. The van der Waals surface area contributed by atoms with Crippen LogP contribution in [0.3, 0.4) is 0 Å². The minimum atomic E-state index is -0.0890. The molecule has 0 spiro atoms. The number of hydrogen-bond donors (Lipinski definition) is 2. The van der Waals surface area contributed by atoms with E-state index in [0.717, 1.165) is 13.1 Å². The Bertz CT molecular complexity index is 729. The number of rotatable bonds is 5. The van der Waals surface area contributed by atoms with Crippen LogP contribution >= 0.6 is 0 Å². The van der Waals surface area contributed by atoms with Crippen LogP contribution in [0.2, 0.25) is 0 Å². The first kappa shape index (κ1) is 17.2. The largest absolute Gasteiger partial charge is 0.337 e. The molecule has 0 aliphatic carbocycles. The highest BCUT2D eigenvalue weighted by Gasteiger charge is 2.24. The summed E-state index contributed by atoms with van der Waals surface area (Å²) in [6, 6.07) is 7.29. The number of nitrogens with one attached hydrogen (secondary N) is 2. The van der Waals surface area contributed by atoms with Gasteiger partial charge in [0.25, 0.3) is 5.91 Å². The van der Waals surface area contributed by atoms with Crippen LogP contribution in [-0.2, 0) is 11.3 Å². The predicted molar refractivity (Wildman–Crippen MR) is 95.3 cm³/mol. The highest BCUT2D eigenvalue weighted by Crippen LogP contribution is 2.15. The molecule has 0 radical (unpaired) electrons. The average molecular weight is 341 g/mol. The van der Waals surface area contributed by atoms with Crippen molar-refractivity contribution in [2.24, 2.45) is 0 Å². The lowest BCUT2D eigenvalue weighted by Crippen LogP contribution is -2.52. The SMILES string of the molecule is C[C@H]1CNCCN1C(=O)c1cccc(NC(=O)CCn2ccnc2)c1. The molecule has 1 aliphatic rings. The van der Waals surface area contributed by atoms with E-state index in [1.165, 1.54) is 0 Å². The Hall–Kier alpha value is -2.67. The maximum atomic E-state index is 12.7. The second-order valence-electron chi connectivity index (χ2n) is 6.23. The zero-order chi connectivity index (χ0) is 17.6. The fraction of sp³-hybridized carbons (Fsp3) is 0.389. The number of aryl methyl sites for hydroxylation is 1. The van der Waals surface area contributed by atoms with Gasteiger partial charge in [-0.15, -0.1) is 0 Å². The lowest BCUT2D eigenvalue weighted by atomic mass is 10.1. The highest BCUT2D eigenvalue weighted by molar-refractivity contribution is 5.97. The van der Waals surface area contributed by atoms with Gasteiger partial charge in [-0.3, -0.25) is 9.59 Å². The topological polar surface area (TPSA) is 79.3 Å². The van der Waals surface area contributed by atoms with Crippen molar-refractivity contribution in [3.05, 3.63) is 48.5 Å². The average Bonchev–Trinajstić information content (AvgIpc) is 3.14. The molecule has 0 bridgehead atoms. The molecule has 3 rings (SSSR count). The third kappa shape index (κ3) is 4.45. The van der Waals surface area contributed by atoms with Gasteiger partial charge in [0.2, 0.25) is 5.91 Å². The van der Waals surface area contributed by atoms with Crippen LogP contribution in [0.25, 0.3) is 0 Å². The van der Waals surface area contributed by atoms with Gasteiger partial charge in [0.05, 0.1) is 6.33 Å². The summed E-state index contributed by atoms with van der Waals surface area (Å²) in [6.07, 6.45) is 5.54. The fourth-order valence-corrected chi connectivity index (χ4v) is 2.91. The Morgan fingerprint density at radius 1 is 1.40 bits per heavy atom. The molecule has 1 atom stereocenters. The minimum Gasteiger partial charge on any atom is -0.337 e. The second-order valence-corrected chi connectivity index (χ2v) is 6.23. The third-order valence-corrected chi connectivity index (χ3v) is 4.31. The molecule has 1 aromatic heterocycles. The number of anilines is 1. The second kappa shape index (κ2) is 7.94. The Labute approximate surface area is 147 Å². The first-order valence-electron chi connectivity index (χ1n) is 8.51. The summed E-state index contributed by atoms with van der Waals surface area (Å²) in [7, 11) is 0. The summed E-state index contributed by atoms with van der Waals surface area (Å²) in [5.41, 5.74) is 1.24. The van der Waals surface area contributed by atoms with Gasteiger partial charge < -0.3 is 20.1 Å². The quantitative estimate of drug-likeness (QED) is 0.860. The number of hydrogen-bond acceptors (Lipinski definition) is 4. The number of imidazole rings is 1. The maximum absolute atomic E-state index is 12.7. The van der Waals surface area contributed by atoms with Crippen molar-refractivity contribution in [1.82, 2.24) is 19.8 Å². The number of carbonyl (C=O) groups excluding carboxylic acids is 2. The van der Waals surface area contributed by atoms with E-state index in [4.69, 9.17) is 0 Å². The number of aromatic nitrogens is 2. The van der Waals surface area contributed by atoms with Crippen LogP contribution in [-0.4, -0.2) is 51.9 Å². The maximum Gasteiger partial charge on any atom is 0.254 e. The highest BCUT2D eigenvalue weighted by atomic mass is 16.2. The number of benzene rings is 1. The van der Waals surface area contributed by atoms with Gasteiger partial charge >= 0.3 is 0 Å². The van der Waals surface area contributed by atoms with E-state index in [1.54, 1.807) is 36.8 Å². The monoisotopic (exact) mass is 341 g/mol. The lowest BCUT2D eigenvalue weighted by Gasteiger charge is -2.34. The summed E-state index contributed by atoms with van der Waals surface area (Å²) in [5, 5.41) is 6.13. The molecule has 1 saturated heterocycles. The Balaban J connectivity index is 1.60. The Morgan fingerprint density at radius 2 is 2.28 bits per heavy atom. The van der Waals surface area contributed by atoms with Gasteiger partial charge in [-0.25, -0.2) is 4.98 Å². The molecule has 2 heterocycles. The molecule has 25 heavy (non-hydrogen) atoms. The van der Waals surface area contributed by atoms with E-state index in [1.807, 2.05) is 22.6 Å². The molecule has 0 saturated carbocycles. The molecule has 132 valence electrons. The zero-order valence-corrected chi connectivity index (χ0v) is 14.3. The summed E-state index contributed by atoms with van der Waals surface area (Å²) in [5.74, 6) is -0.0858. The normalized spacial score (nSPS) is 17.3. The van der Waals surface area contributed by atoms with Crippen molar-refractivity contribution in [3.63, 3.8) is 0 Å². The smallest absolute Gasteiger partial charge is 0.254 e. The molecular weight excluding hydrogens is 318 g/mol. The van der Waals surface area contributed by atoms with E-state index >= 15 is 0 Å².